The van der Waals surface area contributed by atoms with Crippen LogP contribution in [-0.2, 0) is 4.79 Å². The highest BCUT2D eigenvalue weighted by Gasteiger charge is 2.18. The molecule has 0 aliphatic rings. The Morgan fingerprint density at radius 2 is 2.12 bits per heavy atom. The molecule has 1 amide bonds. The Bertz CT molecular complexity index is 324. The third-order valence-electron chi connectivity index (χ3n) is 2.72. The van der Waals surface area contributed by atoms with E-state index in [4.69, 9.17) is 5.73 Å². The van der Waals surface area contributed by atoms with Crippen molar-refractivity contribution >= 4 is 17.2 Å². The smallest absolute Gasteiger partial charge is 0.237 e. The summed E-state index contributed by atoms with van der Waals surface area (Å²) in [5, 5.41) is 5.09. The lowest BCUT2D eigenvalue weighted by atomic mass is 10.1. The van der Waals surface area contributed by atoms with Crippen molar-refractivity contribution in [2.24, 2.45) is 5.73 Å². The van der Waals surface area contributed by atoms with Gasteiger partial charge in [-0.25, -0.2) is 0 Å². The Labute approximate surface area is 107 Å². The second kappa shape index (κ2) is 7.45. The van der Waals surface area contributed by atoms with Gasteiger partial charge in [-0.05, 0) is 24.3 Å². The van der Waals surface area contributed by atoms with Gasteiger partial charge in [0, 0.05) is 4.88 Å². The molecule has 4 heteroatoms. The van der Waals surface area contributed by atoms with Crippen LogP contribution in [-0.4, -0.2) is 11.9 Å². The lowest BCUT2D eigenvalue weighted by Gasteiger charge is -2.19. The van der Waals surface area contributed by atoms with Crippen LogP contribution < -0.4 is 11.1 Å². The molecule has 0 radical (unpaired) electrons. The lowest BCUT2D eigenvalue weighted by molar-refractivity contribution is -0.123. The first kappa shape index (κ1) is 14.2. The van der Waals surface area contributed by atoms with Crippen LogP contribution in [0.2, 0.25) is 0 Å². The maximum Gasteiger partial charge on any atom is 0.237 e. The summed E-state index contributed by atoms with van der Waals surface area (Å²) in [4.78, 5) is 13.1. The number of nitrogens with two attached hydrogens (primary N) is 1. The lowest BCUT2D eigenvalue weighted by Crippen LogP contribution is -2.42. The van der Waals surface area contributed by atoms with Gasteiger partial charge >= 0.3 is 0 Å². The van der Waals surface area contributed by atoms with Gasteiger partial charge in [0.15, 0.2) is 0 Å². The van der Waals surface area contributed by atoms with E-state index in [9.17, 15) is 4.79 Å². The van der Waals surface area contributed by atoms with Crippen LogP contribution in [0.4, 0.5) is 0 Å². The van der Waals surface area contributed by atoms with E-state index in [1.165, 1.54) is 4.88 Å². The molecule has 0 aliphatic carbocycles. The molecule has 1 aromatic heterocycles. The van der Waals surface area contributed by atoms with Gasteiger partial charge in [0.2, 0.25) is 5.91 Å². The highest BCUT2D eigenvalue weighted by Crippen LogP contribution is 2.23. The molecule has 17 heavy (non-hydrogen) atoms. The van der Waals surface area contributed by atoms with Crippen LogP contribution in [0.5, 0.6) is 0 Å². The number of rotatable bonds is 7. The monoisotopic (exact) mass is 254 g/mol. The van der Waals surface area contributed by atoms with Crippen molar-refractivity contribution in [1.82, 2.24) is 5.32 Å². The summed E-state index contributed by atoms with van der Waals surface area (Å²) < 4.78 is 0. The fourth-order valence-corrected chi connectivity index (χ4v) is 2.60. The molecule has 96 valence electrons. The Hall–Kier alpha value is -0.870. The van der Waals surface area contributed by atoms with Crippen molar-refractivity contribution in [2.75, 3.05) is 0 Å². The van der Waals surface area contributed by atoms with E-state index in [1.54, 1.807) is 11.3 Å². The minimum absolute atomic E-state index is 0.0290. The SMILES string of the molecule is CCCC(NC(=O)[C@@H](N)CCC)c1cccs1. The Balaban J connectivity index is 2.58. The average Bonchev–Trinajstić information content (AvgIpc) is 2.82. The first-order valence-electron chi connectivity index (χ1n) is 6.28. The molecule has 0 saturated heterocycles. The molecule has 0 spiro atoms. The Kier molecular flexibility index (Phi) is 6.22. The highest BCUT2D eigenvalue weighted by atomic mass is 32.1. The van der Waals surface area contributed by atoms with Gasteiger partial charge in [-0.2, -0.15) is 0 Å². The normalized spacial score (nSPS) is 14.3. The van der Waals surface area contributed by atoms with Crippen LogP contribution in [0.25, 0.3) is 0 Å². The van der Waals surface area contributed by atoms with Crippen LogP contribution in [0.3, 0.4) is 0 Å². The first-order chi connectivity index (χ1) is 8.19. The second-order valence-corrected chi connectivity index (χ2v) is 5.24. The van der Waals surface area contributed by atoms with Gasteiger partial charge in [0.1, 0.15) is 0 Å². The molecule has 1 aromatic rings. The van der Waals surface area contributed by atoms with Crippen molar-refractivity contribution < 1.29 is 4.79 Å². The first-order valence-corrected chi connectivity index (χ1v) is 7.16. The summed E-state index contributed by atoms with van der Waals surface area (Å²) in [5.41, 5.74) is 5.82. The number of carbonyl (C=O) groups excluding carboxylic acids is 1. The molecule has 0 bridgehead atoms. The zero-order valence-corrected chi connectivity index (χ0v) is 11.4. The van der Waals surface area contributed by atoms with Crippen molar-refractivity contribution in [3.05, 3.63) is 22.4 Å². The molecule has 1 unspecified atom stereocenters. The van der Waals surface area contributed by atoms with E-state index in [-0.39, 0.29) is 18.0 Å². The Morgan fingerprint density at radius 1 is 1.41 bits per heavy atom. The second-order valence-electron chi connectivity index (χ2n) is 4.26. The van der Waals surface area contributed by atoms with Gasteiger partial charge < -0.3 is 11.1 Å². The molecule has 1 rings (SSSR count). The maximum absolute atomic E-state index is 11.9. The predicted molar refractivity (Wildman–Crippen MR) is 73.0 cm³/mol. The minimum atomic E-state index is -0.376. The number of carbonyl (C=O) groups is 1. The van der Waals surface area contributed by atoms with Crippen molar-refractivity contribution in [1.29, 1.82) is 0 Å². The zero-order valence-electron chi connectivity index (χ0n) is 10.6. The van der Waals surface area contributed by atoms with E-state index >= 15 is 0 Å². The fraction of sp³-hybridized carbons (Fsp3) is 0.615. The number of hydrogen-bond acceptors (Lipinski definition) is 3. The molecule has 0 fully saturated rings. The van der Waals surface area contributed by atoms with Crippen LogP contribution in [0.15, 0.2) is 17.5 Å². The van der Waals surface area contributed by atoms with Crippen LogP contribution >= 0.6 is 11.3 Å². The van der Waals surface area contributed by atoms with Gasteiger partial charge in [0.05, 0.1) is 12.1 Å². The van der Waals surface area contributed by atoms with Crippen molar-refractivity contribution in [3.63, 3.8) is 0 Å². The average molecular weight is 254 g/mol. The van der Waals surface area contributed by atoms with E-state index in [0.717, 1.165) is 25.7 Å². The van der Waals surface area contributed by atoms with Crippen molar-refractivity contribution in [2.45, 2.75) is 51.6 Å². The summed E-state index contributed by atoms with van der Waals surface area (Å²) in [6.45, 7) is 4.16. The number of thiophene rings is 1. The molecule has 0 saturated carbocycles. The Morgan fingerprint density at radius 3 is 2.65 bits per heavy atom. The van der Waals surface area contributed by atoms with Gasteiger partial charge in [-0.1, -0.05) is 32.8 Å². The summed E-state index contributed by atoms with van der Waals surface area (Å²) in [7, 11) is 0. The number of amides is 1. The summed E-state index contributed by atoms with van der Waals surface area (Å²) in [5.74, 6) is -0.0290. The molecule has 3 nitrogen and oxygen atoms in total. The maximum atomic E-state index is 11.9. The molecule has 3 N–H and O–H groups in total. The molecular weight excluding hydrogens is 232 g/mol. The topological polar surface area (TPSA) is 55.1 Å². The molecule has 0 aromatic carbocycles. The van der Waals surface area contributed by atoms with Gasteiger partial charge in [0.25, 0.3) is 0 Å². The standard InChI is InChI=1S/C13H22N2OS/c1-3-6-10(14)13(16)15-11(7-4-2)12-8-5-9-17-12/h5,8-11H,3-4,6-7,14H2,1-2H3,(H,15,16)/t10-,11?/m0/s1. The molecule has 0 aliphatic heterocycles. The van der Waals surface area contributed by atoms with E-state index in [2.05, 4.69) is 18.3 Å². The molecule has 2 atom stereocenters. The van der Waals surface area contributed by atoms with Crippen LogP contribution in [0, 0.1) is 0 Å². The molecular formula is C13H22N2OS. The molecule has 1 heterocycles. The number of hydrogen-bond donors (Lipinski definition) is 2. The van der Waals surface area contributed by atoms with Gasteiger partial charge in [-0.15, -0.1) is 11.3 Å². The van der Waals surface area contributed by atoms with Gasteiger partial charge in [-0.3, -0.25) is 4.79 Å². The highest BCUT2D eigenvalue weighted by molar-refractivity contribution is 7.10. The summed E-state index contributed by atoms with van der Waals surface area (Å²) in [6.07, 6.45) is 3.69. The third kappa shape index (κ3) is 4.48. The summed E-state index contributed by atoms with van der Waals surface area (Å²) >= 11 is 1.68. The van der Waals surface area contributed by atoms with E-state index < -0.39 is 0 Å². The number of nitrogens with one attached hydrogen (secondary N) is 1. The van der Waals surface area contributed by atoms with Crippen molar-refractivity contribution in [3.8, 4) is 0 Å². The zero-order chi connectivity index (χ0) is 12.7. The minimum Gasteiger partial charge on any atom is -0.347 e. The largest absolute Gasteiger partial charge is 0.347 e. The summed E-state index contributed by atoms with van der Waals surface area (Å²) in [6, 6.07) is 3.83. The van der Waals surface area contributed by atoms with E-state index in [0.29, 0.717) is 0 Å². The quantitative estimate of drug-likeness (QED) is 0.786. The predicted octanol–water partition coefficient (Wildman–Crippen LogP) is 2.83. The van der Waals surface area contributed by atoms with E-state index in [1.807, 2.05) is 18.4 Å². The fourth-order valence-electron chi connectivity index (χ4n) is 1.78. The van der Waals surface area contributed by atoms with Crippen LogP contribution in [0.1, 0.15) is 50.4 Å². The third-order valence-corrected chi connectivity index (χ3v) is 3.70.